The van der Waals surface area contributed by atoms with Crippen molar-refractivity contribution in [2.24, 2.45) is 0 Å². The van der Waals surface area contributed by atoms with Gasteiger partial charge in [-0.3, -0.25) is 5.41 Å². The summed E-state index contributed by atoms with van der Waals surface area (Å²) in [5, 5.41) is 15.8. The molecule has 0 unspecified atom stereocenters. The molecular weight excluding hydrogens is 150 g/mol. The fourth-order valence-electron chi connectivity index (χ4n) is 0.0805. The van der Waals surface area contributed by atoms with E-state index in [1.807, 2.05) is 4.72 Å². The lowest BCUT2D eigenvalue weighted by atomic mass is 11.4. The van der Waals surface area contributed by atoms with Crippen LogP contribution in [0.2, 0.25) is 0 Å². The van der Waals surface area contributed by atoms with E-state index in [1.54, 1.807) is 0 Å². The minimum atomic E-state index is -0.662. The lowest BCUT2D eigenvalue weighted by molar-refractivity contribution is -0.285. The summed E-state index contributed by atoms with van der Waals surface area (Å²) in [6, 6.07) is 0. The molecule has 0 spiro atoms. The predicted octanol–water partition coefficient (Wildman–Crippen LogP) is 0.280. The first-order valence-corrected chi connectivity index (χ1v) is 2.70. The van der Waals surface area contributed by atoms with Gasteiger partial charge < -0.3 is 0 Å². The fraction of sp³-hybridized carbons (Fsp3) is 0. The average molecular weight is 153 g/mol. The highest BCUT2D eigenvalue weighted by molar-refractivity contribution is 8.00. The molecular formula is CH3N3O2S2. The van der Waals surface area contributed by atoms with E-state index in [4.69, 9.17) is 5.41 Å². The summed E-state index contributed by atoms with van der Waals surface area (Å²) in [6.45, 7) is 0. The average Bonchev–Trinajstić information content (AvgIpc) is 1.61. The summed E-state index contributed by atoms with van der Waals surface area (Å²) in [4.78, 5) is 9.48. The van der Waals surface area contributed by atoms with E-state index in [9.17, 15) is 10.1 Å². The van der Waals surface area contributed by atoms with Crippen LogP contribution in [0.4, 0.5) is 0 Å². The van der Waals surface area contributed by atoms with Crippen molar-refractivity contribution >= 4 is 29.9 Å². The third-order valence-electron chi connectivity index (χ3n) is 0.217. The predicted molar refractivity (Wildman–Crippen MR) is 34.4 cm³/mol. The third-order valence-corrected chi connectivity index (χ3v) is 0.924. The van der Waals surface area contributed by atoms with Gasteiger partial charge in [0, 0.05) is 0 Å². The van der Waals surface area contributed by atoms with Gasteiger partial charge in [0.2, 0.25) is 0 Å². The van der Waals surface area contributed by atoms with Crippen molar-refractivity contribution in [1.29, 1.82) is 5.41 Å². The normalized spacial score (nSPS) is 8.12. The highest BCUT2D eigenvalue weighted by atomic mass is 32.2. The van der Waals surface area contributed by atoms with E-state index >= 15 is 0 Å². The Bertz CT molecular complexity index is 99.9. The van der Waals surface area contributed by atoms with Crippen LogP contribution >= 0.6 is 24.8 Å². The molecule has 0 heterocycles. The van der Waals surface area contributed by atoms with Crippen LogP contribution in [-0.2, 0) is 0 Å². The largest absolute Gasteiger partial charge is 0.354 e. The minimum absolute atomic E-state index is 0.211. The van der Waals surface area contributed by atoms with Gasteiger partial charge in [0.15, 0.2) is 5.17 Å². The quantitative estimate of drug-likeness (QED) is 0.133. The van der Waals surface area contributed by atoms with Gasteiger partial charge in [-0.15, -0.1) is 12.6 Å². The Kier molecular flexibility index (Phi) is 3.37. The Morgan fingerprint density at radius 2 is 2.50 bits per heavy atom. The minimum Gasteiger partial charge on any atom is -0.278 e. The van der Waals surface area contributed by atoms with E-state index in [-0.39, 0.29) is 17.3 Å². The standard InChI is InChI=1S/CH3N3O2S2/c2-1(7)3-8-4(5)6/h(H3,2,3,7). The van der Waals surface area contributed by atoms with Gasteiger partial charge in [-0.05, 0) is 0 Å². The highest BCUT2D eigenvalue weighted by Crippen LogP contribution is 1.92. The summed E-state index contributed by atoms with van der Waals surface area (Å²) in [7, 11) is 0. The summed E-state index contributed by atoms with van der Waals surface area (Å²) in [6.07, 6.45) is 0. The van der Waals surface area contributed by atoms with E-state index in [0.717, 1.165) is 0 Å². The number of hydrogen-bond donors (Lipinski definition) is 3. The first-order valence-electron chi connectivity index (χ1n) is 1.48. The van der Waals surface area contributed by atoms with Crippen molar-refractivity contribution < 1.29 is 4.33 Å². The van der Waals surface area contributed by atoms with Crippen molar-refractivity contribution in [2.45, 2.75) is 0 Å². The molecule has 0 bridgehead atoms. The van der Waals surface area contributed by atoms with Crippen molar-refractivity contribution in [1.82, 2.24) is 4.72 Å². The summed E-state index contributed by atoms with van der Waals surface area (Å²) >= 11 is 3.63. The summed E-state index contributed by atoms with van der Waals surface area (Å²) in [5.74, 6) is 0. The second kappa shape index (κ2) is 3.56. The molecule has 0 amide bonds. The molecule has 0 aromatic heterocycles. The molecule has 0 aliphatic heterocycles. The van der Waals surface area contributed by atoms with Crippen LogP contribution in [0, 0.1) is 15.5 Å². The number of amidine groups is 1. The molecule has 0 aromatic carbocycles. The molecule has 2 N–H and O–H groups in total. The molecule has 0 atom stereocenters. The Balaban J connectivity index is 3.18. The zero-order valence-electron chi connectivity index (χ0n) is 3.62. The van der Waals surface area contributed by atoms with Crippen LogP contribution in [-0.4, -0.2) is 9.50 Å². The number of hydrogen-bond acceptors (Lipinski definition) is 4. The zero-order chi connectivity index (χ0) is 6.57. The topological polar surface area (TPSA) is 79.0 Å². The lowest BCUT2D eigenvalue weighted by Crippen LogP contribution is -2.09. The Labute approximate surface area is 55.2 Å². The molecule has 46 valence electrons. The Morgan fingerprint density at radius 3 is 2.62 bits per heavy atom. The molecule has 0 aliphatic rings. The molecule has 0 fully saturated rings. The fourth-order valence-corrected chi connectivity index (χ4v) is 0.364. The third kappa shape index (κ3) is 5.57. The number of rotatable bonds is 2. The lowest BCUT2D eigenvalue weighted by Gasteiger charge is -1.87. The molecule has 5 nitrogen and oxygen atoms in total. The van der Waals surface area contributed by atoms with Gasteiger partial charge in [-0.2, -0.15) is 0 Å². The molecule has 0 saturated heterocycles. The van der Waals surface area contributed by atoms with Crippen LogP contribution in [0.3, 0.4) is 0 Å². The number of thiol groups is 1. The van der Waals surface area contributed by atoms with Gasteiger partial charge in [0.05, 0.1) is 0 Å². The molecule has 0 aliphatic carbocycles. The van der Waals surface area contributed by atoms with E-state index < -0.39 is 4.33 Å². The highest BCUT2D eigenvalue weighted by Gasteiger charge is 1.97. The number of nitro groups is 1. The van der Waals surface area contributed by atoms with Gasteiger partial charge >= 0.3 is 12.1 Å². The Hall–Kier alpha value is -0.430. The van der Waals surface area contributed by atoms with Gasteiger partial charge in [-0.1, -0.05) is 0 Å². The molecule has 0 radical (unpaired) electrons. The molecule has 8 heavy (non-hydrogen) atoms. The number of nitrogens with one attached hydrogen (secondary N) is 2. The molecule has 0 rings (SSSR count). The smallest absolute Gasteiger partial charge is 0.278 e. The maximum absolute atomic E-state index is 9.48. The zero-order valence-corrected chi connectivity index (χ0v) is 5.33. The van der Waals surface area contributed by atoms with Crippen molar-refractivity contribution in [3.8, 4) is 0 Å². The van der Waals surface area contributed by atoms with Crippen LogP contribution in [0.15, 0.2) is 0 Å². The first kappa shape index (κ1) is 7.57. The van der Waals surface area contributed by atoms with Gasteiger partial charge in [0.25, 0.3) is 0 Å². The van der Waals surface area contributed by atoms with Crippen molar-refractivity contribution in [3.05, 3.63) is 10.1 Å². The molecule has 0 aromatic rings. The number of nitrogens with zero attached hydrogens (tertiary/aromatic N) is 1. The first-order chi connectivity index (χ1) is 3.63. The van der Waals surface area contributed by atoms with Crippen LogP contribution in [0.1, 0.15) is 0 Å². The SMILES string of the molecule is N=C(S)NS[N+](=O)[O-]. The van der Waals surface area contributed by atoms with Gasteiger partial charge in [-0.25, -0.2) is 14.8 Å². The van der Waals surface area contributed by atoms with Crippen LogP contribution < -0.4 is 4.72 Å². The summed E-state index contributed by atoms with van der Waals surface area (Å²) in [5.41, 5.74) is 0. The van der Waals surface area contributed by atoms with Crippen LogP contribution in [0.25, 0.3) is 0 Å². The maximum atomic E-state index is 9.48. The van der Waals surface area contributed by atoms with E-state index in [1.165, 1.54) is 0 Å². The van der Waals surface area contributed by atoms with Crippen molar-refractivity contribution in [2.75, 3.05) is 0 Å². The van der Waals surface area contributed by atoms with Crippen molar-refractivity contribution in [3.63, 3.8) is 0 Å². The monoisotopic (exact) mass is 153 g/mol. The van der Waals surface area contributed by atoms with E-state index in [2.05, 4.69) is 12.6 Å². The Morgan fingerprint density at radius 1 is 2.00 bits per heavy atom. The summed E-state index contributed by atoms with van der Waals surface area (Å²) < 4.78 is 1.35. The second-order valence-electron chi connectivity index (χ2n) is 0.766. The molecule has 7 heteroatoms. The van der Waals surface area contributed by atoms with Crippen LogP contribution in [0.5, 0.6) is 0 Å². The molecule has 0 saturated carbocycles. The van der Waals surface area contributed by atoms with Gasteiger partial charge in [0.1, 0.15) is 4.33 Å². The van der Waals surface area contributed by atoms with E-state index in [0.29, 0.717) is 0 Å². The maximum Gasteiger partial charge on any atom is 0.354 e. The second-order valence-corrected chi connectivity index (χ2v) is 1.90.